The van der Waals surface area contributed by atoms with E-state index in [1.165, 1.54) is 6.92 Å². The molecule has 24 heavy (non-hydrogen) atoms. The third kappa shape index (κ3) is 2.84. The van der Waals surface area contributed by atoms with Gasteiger partial charge < -0.3 is 10.6 Å². The lowest BCUT2D eigenvalue weighted by atomic mass is 9.90. The molecule has 0 aromatic heterocycles. The van der Waals surface area contributed by atoms with Crippen LogP contribution in [0, 0.1) is 6.92 Å². The third-order valence-corrected chi connectivity index (χ3v) is 3.75. The Morgan fingerprint density at radius 2 is 1.46 bits per heavy atom. The van der Waals surface area contributed by atoms with Gasteiger partial charge in [0.05, 0.1) is 5.70 Å². The topological polar surface area (TPSA) is 75.3 Å². The highest BCUT2D eigenvalue weighted by Crippen LogP contribution is 2.29. The lowest BCUT2D eigenvalue weighted by Crippen LogP contribution is -2.35. The highest BCUT2D eigenvalue weighted by Gasteiger charge is 2.33. The predicted molar refractivity (Wildman–Crippen MR) is 91.3 cm³/mol. The van der Waals surface area contributed by atoms with E-state index >= 15 is 0 Å². The Morgan fingerprint density at radius 1 is 0.833 bits per heavy atom. The summed E-state index contributed by atoms with van der Waals surface area (Å²) in [5.74, 6) is -1.75. The molecular weight excluding hydrogens is 304 g/mol. The summed E-state index contributed by atoms with van der Waals surface area (Å²) in [7, 11) is 0. The van der Waals surface area contributed by atoms with E-state index in [2.05, 4.69) is 10.6 Å². The van der Waals surface area contributed by atoms with Crippen molar-refractivity contribution in [2.75, 3.05) is 5.32 Å². The number of benzene rings is 2. The molecule has 0 radical (unpaired) electrons. The maximum absolute atomic E-state index is 12.4. The first-order valence-corrected chi connectivity index (χ1v) is 7.51. The molecule has 1 amide bonds. The maximum Gasteiger partial charge on any atom is 0.251 e. The first-order chi connectivity index (χ1) is 11.5. The Morgan fingerprint density at radius 3 is 2.08 bits per heavy atom. The SMILES string of the molecule is CC(=O)NC1=C(Nc2ccc(C)cc2)c2ccccc2C(=O)C1=O. The predicted octanol–water partition coefficient (Wildman–Crippen LogP) is 2.68. The quantitative estimate of drug-likeness (QED) is 0.853. The molecule has 1 aliphatic carbocycles. The molecule has 0 saturated heterocycles. The van der Waals surface area contributed by atoms with E-state index in [-0.39, 0.29) is 5.70 Å². The Balaban J connectivity index is 2.15. The smallest absolute Gasteiger partial charge is 0.251 e. The monoisotopic (exact) mass is 320 g/mol. The normalized spacial score (nSPS) is 13.6. The van der Waals surface area contributed by atoms with Crippen LogP contribution < -0.4 is 10.6 Å². The van der Waals surface area contributed by atoms with Gasteiger partial charge in [-0.2, -0.15) is 0 Å². The number of nitrogens with one attached hydrogen (secondary N) is 2. The average molecular weight is 320 g/mol. The number of aryl methyl sites for hydroxylation is 1. The van der Waals surface area contributed by atoms with Crippen LogP contribution in [0.4, 0.5) is 5.69 Å². The van der Waals surface area contributed by atoms with E-state index in [1.807, 2.05) is 31.2 Å². The number of carbonyl (C=O) groups is 3. The van der Waals surface area contributed by atoms with Gasteiger partial charge >= 0.3 is 0 Å². The van der Waals surface area contributed by atoms with Gasteiger partial charge in [0.15, 0.2) is 0 Å². The van der Waals surface area contributed by atoms with Crippen molar-refractivity contribution in [2.24, 2.45) is 0 Å². The first-order valence-electron chi connectivity index (χ1n) is 7.51. The molecule has 2 aromatic carbocycles. The van der Waals surface area contributed by atoms with Crippen LogP contribution in [0.3, 0.4) is 0 Å². The largest absolute Gasteiger partial charge is 0.353 e. The van der Waals surface area contributed by atoms with Crippen molar-refractivity contribution in [3.05, 3.63) is 70.9 Å². The molecule has 5 nitrogen and oxygen atoms in total. The summed E-state index contributed by atoms with van der Waals surface area (Å²) in [6.07, 6.45) is 0. The molecule has 0 saturated carbocycles. The number of fused-ring (bicyclic) bond motifs is 1. The molecule has 0 fully saturated rings. The van der Waals surface area contributed by atoms with Gasteiger partial charge in [0.1, 0.15) is 5.70 Å². The second-order valence-electron chi connectivity index (χ2n) is 5.63. The molecule has 2 aromatic rings. The summed E-state index contributed by atoms with van der Waals surface area (Å²) in [6.45, 7) is 3.28. The van der Waals surface area contributed by atoms with Crippen LogP contribution in [0.5, 0.6) is 0 Å². The maximum atomic E-state index is 12.4. The first kappa shape index (κ1) is 15.7. The van der Waals surface area contributed by atoms with Gasteiger partial charge in [0.25, 0.3) is 5.78 Å². The summed E-state index contributed by atoms with van der Waals surface area (Å²) in [5, 5.41) is 5.65. The summed E-state index contributed by atoms with van der Waals surface area (Å²) in [6, 6.07) is 14.5. The molecule has 0 atom stereocenters. The van der Waals surface area contributed by atoms with E-state index in [0.717, 1.165) is 11.3 Å². The molecule has 2 N–H and O–H groups in total. The minimum atomic E-state index is -0.724. The van der Waals surface area contributed by atoms with E-state index in [0.29, 0.717) is 16.8 Å². The standard InChI is InChI=1S/C19H16N2O3/c1-11-7-9-13(10-8-11)21-16-14-5-3-4-6-15(14)18(23)19(24)17(16)20-12(2)22/h3-10,21H,1-2H3,(H,20,22). The van der Waals surface area contributed by atoms with Crippen LogP contribution >= 0.6 is 0 Å². The molecule has 0 heterocycles. The van der Waals surface area contributed by atoms with Gasteiger partial charge in [0.2, 0.25) is 11.7 Å². The second kappa shape index (κ2) is 6.12. The highest BCUT2D eigenvalue weighted by atomic mass is 16.2. The van der Waals surface area contributed by atoms with Crippen LogP contribution in [0.1, 0.15) is 28.4 Å². The third-order valence-electron chi connectivity index (χ3n) is 3.75. The fraction of sp³-hybridized carbons (Fsp3) is 0.105. The number of carbonyl (C=O) groups excluding carboxylic acids is 3. The number of ketones is 2. The van der Waals surface area contributed by atoms with Crippen molar-refractivity contribution in [3.63, 3.8) is 0 Å². The Bertz CT molecular complexity index is 880. The number of allylic oxidation sites excluding steroid dienone is 1. The molecule has 5 heteroatoms. The zero-order valence-electron chi connectivity index (χ0n) is 13.3. The molecule has 1 aliphatic rings. The number of anilines is 1. The van der Waals surface area contributed by atoms with Gasteiger partial charge in [-0.25, -0.2) is 0 Å². The van der Waals surface area contributed by atoms with Crippen LogP contribution in [-0.4, -0.2) is 17.5 Å². The van der Waals surface area contributed by atoms with Crippen molar-refractivity contribution in [1.29, 1.82) is 0 Å². The van der Waals surface area contributed by atoms with Crippen LogP contribution in [-0.2, 0) is 9.59 Å². The van der Waals surface area contributed by atoms with Gasteiger partial charge in [-0.15, -0.1) is 0 Å². The zero-order chi connectivity index (χ0) is 17.3. The van der Waals surface area contributed by atoms with E-state index in [4.69, 9.17) is 0 Å². The van der Waals surface area contributed by atoms with E-state index in [9.17, 15) is 14.4 Å². The molecule has 0 unspecified atom stereocenters. The van der Waals surface area contributed by atoms with Gasteiger partial charge in [-0.3, -0.25) is 14.4 Å². The van der Waals surface area contributed by atoms with Gasteiger partial charge in [-0.05, 0) is 19.1 Å². The highest BCUT2D eigenvalue weighted by molar-refractivity contribution is 6.52. The number of amides is 1. The average Bonchev–Trinajstić information content (AvgIpc) is 2.57. The lowest BCUT2D eigenvalue weighted by molar-refractivity contribution is -0.120. The molecule has 0 aliphatic heterocycles. The van der Waals surface area contributed by atoms with Crippen molar-refractivity contribution in [2.45, 2.75) is 13.8 Å². The summed E-state index contributed by atoms with van der Waals surface area (Å²) in [5.41, 5.74) is 3.18. The number of hydrogen-bond acceptors (Lipinski definition) is 4. The fourth-order valence-electron chi connectivity index (χ4n) is 2.59. The minimum absolute atomic E-state index is 0.0215. The molecular formula is C19H16N2O3. The van der Waals surface area contributed by atoms with E-state index < -0.39 is 17.5 Å². The molecule has 0 bridgehead atoms. The van der Waals surface area contributed by atoms with Crippen molar-refractivity contribution >= 4 is 28.9 Å². The number of hydrogen-bond donors (Lipinski definition) is 2. The number of Topliss-reactive ketones (excluding diaryl/α,β-unsaturated/α-hetero) is 2. The Labute approximate surface area is 139 Å². The van der Waals surface area contributed by atoms with Crippen molar-refractivity contribution in [1.82, 2.24) is 5.32 Å². The minimum Gasteiger partial charge on any atom is -0.353 e. The van der Waals surface area contributed by atoms with Gasteiger partial charge in [0, 0.05) is 23.7 Å². The second-order valence-corrected chi connectivity index (χ2v) is 5.63. The van der Waals surface area contributed by atoms with Crippen LogP contribution in [0.15, 0.2) is 54.2 Å². The summed E-state index contributed by atoms with van der Waals surface area (Å²) >= 11 is 0. The van der Waals surface area contributed by atoms with E-state index in [1.54, 1.807) is 24.3 Å². The van der Waals surface area contributed by atoms with Crippen LogP contribution in [0.2, 0.25) is 0 Å². The Kier molecular flexibility index (Phi) is 4.00. The van der Waals surface area contributed by atoms with Crippen molar-refractivity contribution in [3.8, 4) is 0 Å². The van der Waals surface area contributed by atoms with Crippen molar-refractivity contribution < 1.29 is 14.4 Å². The summed E-state index contributed by atoms with van der Waals surface area (Å²) in [4.78, 5) is 36.2. The molecule has 0 spiro atoms. The molecule has 120 valence electrons. The van der Waals surface area contributed by atoms with Crippen LogP contribution in [0.25, 0.3) is 5.70 Å². The fourth-order valence-corrected chi connectivity index (χ4v) is 2.59. The lowest BCUT2D eigenvalue weighted by Gasteiger charge is -2.23. The Hall–Kier alpha value is -3.21. The molecule has 3 rings (SSSR count). The zero-order valence-corrected chi connectivity index (χ0v) is 13.3. The summed E-state index contributed by atoms with van der Waals surface area (Å²) < 4.78 is 0. The number of rotatable bonds is 3. The van der Waals surface area contributed by atoms with Gasteiger partial charge in [-0.1, -0.05) is 42.0 Å².